The fraction of sp³-hybridized carbons (Fsp3) is 0.579. The molecule has 1 saturated carbocycles. The SMILES string of the molecule is O=C(CC1CC2CCC(C1)N2)Nc1ccc(Cl)c(-n2nnnc2C2CC2)c1. The Morgan fingerprint density at radius 3 is 2.74 bits per heavy atom. The lowest BCUT2D eigenvalue weighted by Gasteiger charge is -2.28. The van der Waals surface area contributed by atoms with Crippen molar-refractivity contribution in [3.63, 3.8) is 0 Å². The molecule has 2 atom stereocenters. The maximum absolute atomic E-state index is 12.6. The van der Waals surface area contributed by atoms with Gasteiger partial charge in [0.15, 0.2) is 5.82 Å². The van der Waals surface area contributed by atoms with Gasteiger partial charge in [0, 0.05) is 30.1 Å². The summed E-state index contributed by atoms with van der Waals surface area (Å²) in [6.07, 6.45) is 7.48. The highest BCUT2D eigenvalue weighted by molar-refractivity contribution is 6.32. The Hall–Kier alpha value is -1.99. The number of fused-ring (bicyclic) bond motifs is 2. The summed E-state index contributed by atoms with van der Waals surface area (Å²) in [6.45, 7) is 0. The summed E-state index contributed by atoms with van der Waals surface area (Å²) < 4.78 is 1.69. The molecule has 7 nitrogen and oxygen atoms in total. The van der Waals surface area contributed by atoms with Gasteiger partial charge in [-0.05, 0) is 73.1 Å². The molecule has 1 amide bonds. The molecule has 1 aromatic heterocycles. The summed E-state index contributed by atoms with van der Waals surface area (Å²) in [4.78, 5) is 12.6. The van der Waals surface area contributed by atoms with E-state index in [0.717, 1.165) is 37.2 Å². The van der Waals surface area contributed by atoms with Crippen LogP contribution in [-0.2, 0) is 4.79 Å². The number of carbonyl (C=O) groups is 1. The van der Waals surface area contributed by atoms with Crippen molar-refractivity contribution in [1.82, 2.24) is 25.5 Å². The maximum atomic E-state index is 12.6. The lowest BCUT2D eigenvalue weighted by atomic mass is 9.89. The van der Waals surface area contributed by atoms with Crippen molar-refractivity contribution < 1.29 is 4.79 Å². The number of anilines is 1. The van der Waals surface area contributed by atoms with Crippen molar-refractivity contribution >= 4 is 23.2 Å². The van der Waals surface area contributed by atoms with Gasteiger partial charge < -0.3 is 10.6 Å². The van der Waals surface area contributed by atoms with E-state index in [4.69, 9.17) is 11.6 Å². The molecular formula is C19H23ClN6O. The number of tetrazole rings is 1. The van der Waals surface area contributed by atoms with Crippen molar-refractivity contribution in [3.05, 3.63) is 29.0 Å². The molecule has 2 aromatic rings. The van der Waals surface area contributed by atoms with Crippen LogP contribution in [0.4, 0.5) is 5.69 Å². The van der Waals surface area contributed by atoms with E-state index in [2.05, 4.69) is 26.2 Å². The number of piperidine rings is 1. The zero-order valence-corrected chi connectivity index (χ0v) is 15.8. The number of aromatic nitrogens is 4. The Labute approximate surface area is 162 Å². The van der Waals surface area contributed by atoms with Crippen LogP contribution in [0.5, 0.6) is 0 Å². The van der Waals surface area contributed by atoms with E-state index >= 15 is 0 Å². The summed E-state index contributed by atoms with van der Waals surface area (Å²) in [5.74, 6) is 1.78. The molecule has 1 aromatic carbocycles. The Bertz CT molecular complexity index is 852. The molecule has 2 unspecified atom stereocenters. The highest BCUT2D eigenvalue weighted by Crippen LogP contribution is 2.40. The molecule has 3 heterocycles. The van der Waals surface area contributed by atoms with Gasteiger partial charge in [-0.15, -0.1) is 5.10 Å². The van der Waals surface area contributed by atoms with Gasteiger partial charge in [-0.1, -0.05) is 11.6 Å². The predicted molar refractivity (Wildman–Crippen MR) is 102 cm³/mol. The number of carbonyl (C=O) groups excluding carboxylic acids is 1. The first-order valence-electron chi connectivity index (χ1n) is 9.80. The molecule has 2 aliphatic heterocycles. The van der Waals surface area contributed by atoms with Crippen molar-refractivity contribution in [2.24, 2.45) is 5.92 Å². The molecule has 8 heteroatoms. The first kappa shape index (κ1) is 17.1. The van der Waals surface area contributed by atoms with Crippen LogP contribution in [0.25, 0.3) is 5.69 Å². The van der Waals surface area contributed by atoms with Crippen LogP contribution in [0.3, 0.4) is 0 Å². The van der Waals surface area contributed by atoms with Crippen LogP contribution in [0.15, 0.2) is 18.2 Å². The Balaban J connectivity index is 1.29. The average molecular weight is 387 g/mol. The zero-order valence-electron chi connectivity index (χ0n) is 15.1. The molecule has 5 rings (SSSR count). The summed E-state index contributed by atoms with van der Waals surface area (Å²) in [6, 6.07) is 6.68. The number of halogens is 1. The molecule has 2 N–H and O–H groups in total. The molecule has 2 saturated heterocycles. The third-order valence-corrected chi connectivity index (χ3v) is 6.26. The molecular weight excluding hydrogens is 364 g/mol. The molecule has 142 valence electrons. The highest BCUT2D eigenvalue weighted by Gasteiger charge is 2.34. The van der Waals surface area contributed by atoms with Crippen molar-refractivity contribution in [3.8, 4) is 5.69 Å². The van der Waals surface area contributed by atoms with Gasteiger partial charge in [-0.25, -0.2) is 0 Å². The predicted octanol–water partition coefficient (Wildman–Crippen LogP) is 3.05. The third kappa shape index (κ3) is 3.58. The van der Waals surface area contributed by atoms with Gasteiger partial charge in [0.1, 0.15) is 0 Å². The minimum atomic E-state index is 0.0636. The van der Waals surface area contributed by atoms with Gasteiger partial charge in [0.2, 0.25) is 5.91 Å². The van der Waals surface area contributed by atoms with E-state index in [9.17, 15) is 4.79 Å². The van der Waals surface area contributed by atoms with Crippen molar-refractivity contribution in [2.75, 3.05) is 5.32 Å². The molecule has 3 aliphatic rings. The van der Waals surface area contributed by atoms with Crippen molar-refractivity contribution in [2.45, 2.75) is 62.9 Å². The fourth-order valence-electron chi connectivity index (χ4n) is 4.53. The molecule has 27 heavy (non-hydrogen) atoms. The van der Waals surface area contributed by atoms with E-state index in [-0.39, 0.29) is 5.91 Å². The van der Waals surface area contributed by atoms with Gasteiger partial charge in [-0.2, -0.15) is 4.68 Å². The lowest BCUT2D eigenvalue weighted by Crippen LogP contribution is -2.39. The van der Waals surface area contributed by atoms with Gasteiger partial charge in [0.05, 0.1) is 10.7 Å². The quantitative estimate of drug-likeness (QED) is 0.824. The number of amides is 1. The number of hydrogen-bond acceptors (Lipinski definition) is 5. The Morgan fingerprint density at radius 2 is 2.00 bits per heavy atom. The zero-order chi connectivity index (χ0) is 18.4. The van der Waals surface area contributed by atoms with Crippen LogP contribution in [-0.4, -0.2) is 38.2 Å². The standard InChI is InChI=1S/C19H23ClN6O/c20-16-6-5-15(10-17(16)26-19(12-1-2-12)23-24-25-26)22-18(27)9-11-7-13-3-4-14(8-11)21-13/h5-6,10-14,21H,1-4,7-9H2,(H,22,27). The van der Waals surface area contributed by atoms with Gasteiger partial charge in [0.25, 0.3) is 0 Å². The van der Waals surface area contributed by atoms with E-state index in [0.29, 0.717) is 41.1 Å². The first-order valence-corrected chi connectivity index (χ1v) is 10.2. The topological polar surface area (TPSA) is 84.7 Å². The minimum Gasteiger partial charge on any atom is -0.326 e. The second-order valence-electron chi connectivity index (χ2n) is 8.12. The van der Waals surface area contributed by atoms with Gasteiger partial charge in [-0.3, -0.25) is 4.79 Å². The van der Waals surface area contributed by atoms with Crippen LogP contribution in [0.2, 0.25) is 5.02 Å². The summed E-state index contributed by atoms with van der Waals surface area (Å²) in [5, 5.41) is 19.3. The van der Waals surface area contributed by atoms with Crippen LogP contribution >= 0.6 is 11.6 Å². The smallest absolute Gasteiger partial charge is 0.224 e. The molecule has 2 bridgehead atoms. The fourth-order valence-corrected chi connectivity index (χ4v) is 4.73. The van der Waals surface area contributed by atoms with Crippen LogP contribution in [0, 0.1) is 5.92 Å². The second-order valence-corrected chi connectivity index (χ2v) is 8.52. The van der Waals surface area contributed by atoms with E-state index in [1.807, 2.05) is 12.1 Å². The third-order valence-electron chi connectivity index (χ3n) is 5.94. The van der Waals surface area contributed by atoms with E-state index in [1.54, 1.807) is 10.7 Å². The highest BCUT2D eigenvalue weighted by atomic mass is 35.5. The number of benzene rings is 1. The van der Waals surface area contributed by atoms with E-state index in [1.165, 1.54) is 12.8 Å². The van der Waals surface area contributed by atoms with Crippen LogP contribution < -0.4 is 10.6 Å². The van der Waals surface area contributed by atoms with E-state index < -0.39 is 0 Å². The van der Waals surface area contributed by atoms with Gasteiger partial charge >= 0.3 is 0 Å². The summed E-state index contributed by atoms with van der Waals surface area (Å²) in [5.41, 5.74) is 1.44. The molecule has 0 spiro atoms. The minimum absolute atomic E-state index is 0.0636. The van der Waals surface area contributed by atoms with Crippen molar-refractivity contribution in [1.29, 1.82) is 0 Å². The summed E-state index contributed by atoms with van der Waals surface area (Å²) >= 11 is 6.38. The summed E-state index contributed by atoms with van der Waals surface area (Å²) in [7, 11) is 0. The molecule has 1 aliphatic carbocycles. The monoisotopic (exact) mass is 386 g/mol. The second kappa shape index (κ2) is 6.87. The lowest BCUT2D eigenvalue weighted by molar-refractivity contribution is -0.117. The number of nitrogens with zero attached hydrogens (tertiary/aromatic N) is 4. The number of hydrogen-bond donors (Lipinski definition) is 2. The molecule has 0 radical (unpaired) electrons. The largest absolute Gasteiger partial charge is 0.326 e. The first-order chi connectivity index (χ1) is 13.2. The number of rotatable bonds is 5. The molecule has 3 fully saturated rings. The Kier molecular flexibility index (Phi) is 4.36. The van der Waals surface area contributed by atoms with Crippen LogP contribution in [0.1, 0.15) is 56.7 Å². The maximum Gasteiger partial charge on any atom is 0.224 e. The normalized spacial score (nSPS) is 26.9. The number of nitrogens with one attached hydrogen (secondary N) is 2. The average Bonchev–Trinajstić information content (AvgIpc) is 3.28. The Morgan fingerprint density at radius 1 is 1.22 bits per heavy atom.